The van der Waals surface area contributed by atoms with Crippen molar-refractivity contribution >= 4 is 11.6 Å². The van der Waals surface area contributed by atoms with Gasteiger partial charge in [0.25, 0.3) is 5.91 Å². The molecule has 138 valence electrons. The van der Waals surface area contributed by atoms with Crippen molar-refractivity contribution in [1.82, 2.24) is 5.32 Å². The molecule has 1 amide bonds. The molecule has 2 aromatic rings. The van der Waals surface area contributed by atoms with Crippen molar-refractivity contribution in [2.24, 2.45) is 5.92 Å². The van der Waals surface area contributed by atoms with Crippen LogP contribution in [0.2, 0.25) is 0 Å². The molecule has 0 aliphatic carbocycles. The van der Waals surface area contributed by atoms with E-state index in [-0.39, 0.29) is 17.2 Å². The Balaban J connectivity index is 1.57. The normalized spacial score (nSPS) is 16.4. The second-order valence-corrected chi connectivity index (χ2v) is 6.37. The minimum absolute atomic E-state index is 0.0797. The monoisotopic (exact) mass is 356 g/mol. The predicted molar refractivity (Wildman–Crippen MR) is 100 cm³/mol. The van der Waals surface area contributed by atoms with Crippen molar-refractivity contribution in [3.8, 4) is 17.2 Å². The van der Waals surface area contributed by atoms with E-state index in [1.165, 1.54) is 13.2 Å². The Morgan fingerprint density at radius 2 is 2.04 bits per heavy atom. The topological polar surface area (TPSA) is 71.0 Å². The summed E-state index contributed by atoms with van der Waals surface area (Å²) in [4.78, 5) is 14.6. The maximum atomic E-state index is 12.3. The van der Waals surface area contributed by atoms with E-state index in [9.17, 15) is 9.90 Å². The Labute approximate surface area is 153 Å². The van der Waals surface area contributed by atoms with Crippen molar-refractivity contribution in [1.29, 1.82) is 0 Å². The van der Waals surface area contributed by atoms with Crippen LogP contribution in [0.3, 0.4) is 0 Å². The number of hydrogen-bond donors (Lipinski definition) is 2. The van der Waals surface area contributed by atoms with Gasteiger partial charge in [-0.3, -0.25) is 4.79 Å². The Morgan fingerprint density at radius 3 is 2.77 bits per heavy atom. The summed E-state index contributed by atoms with van der Waals surface area (Å²) >= 11 is 0. The minimum Gasteiger partial charge on any atom is -0.507 e. The highest BCUT2D eigenvalue weighted by Crippen LogP contribution is 2.31. The van der Waals surface area contributed by atoms with Crippen molar-refractivity contribution in [2.45, 2.75) is 6.42 Å². The molecule has 1 atom stereocenters. The summed E-state index contributed by atoms with van der Waals surface area (Å²) in [5.41, 5.74) is 1.34. The van der Waals surface area contributed by atoms with E-state index in [0.717, 1.165) is 30.9 Å². The van der Waals surface area contributed by atoms with Crippen LogP contribution >= 0.6 is 0 Å². The van der Waals surface area contributed by atoms with Crippen LogP contribution in [-0.4, -0.2) is 44.9 Å². The number of methoxy groups -OCH3 is 2. The molecule has 6 heteroatoms. The van der Waals surface area contributed by atoms with Crippen molar-refractivity contribution < 1.29 is 19.4 Å². The molecule has 0 aromatic heterocycles. The van der Waals surface area contributed by atoms with Crippen molar-refractivity contribution in [2.75, 3.05) is 38.8 Å². The molecule has 26 heavy (non-hydrogen) atoms. The molecule has 1 aliphatic rings. The molecule has 0 radical (unpaired) electrons. The lowest BCUT2D eigenvalue weighted by atomic mass is 10.1. The maximum absolute atomic E-state index is 12.3. The van der Waals surface area contributed by atoms with Gasteiger partial charge in [-0.1, -0.05) is 12.1 Å². The van der Waals surface area contributed by atoms with Gasteiger partial charge < -0.3 is 24.8 Å². The van der Waals surface area contributed by atoms with Gasteiger partial charge in [-0.05, 0) is 36.6 Å². The summed E-state index contributed by atoms with van der Waals surface area (Å²) in [6, 6.07) is 12.6. The number of para-hydroxylation sites is 2. The number of carbonyl (C=O) groups is 1. The standard InChI is InChI=1S/C20H24N2O4/c1-25-15-7-8-16(18(23)11-15)20(24)21-12-14-9-10-22(13-14)17-5-3-4-6-19(17)26-2/h3-8,11,14,23H,9-10,12-13H2,1-2H3,(H,21,24)/t14-/m0/s1. The Bertz CT molecular complexity index is 778. The number of phenolic OH excluding ortho intramolecular Hbond substituents is 1. The number of carbonyl (C=O) groups excluding carboxylic acids is 1. The van der Waals surface area contributed by atoms with Gasteiger partial charge in [-0.15, -0.1) is 0 Å². The highest BCUT2D eigenvalue weighted by molar-refractivity contribution is 5.97. The first kappa shape index (κ1) is 17.9. The molecule has 2 N–H and O–H groups in total. The summed E-state index contributed by atoms with van der Waals surface area (Å²) in [6.45, 7) is 2.35. The third-order valence-corrected chi connectivity index (χ3v) is 4.71. The lowest BCUT2D eigenvalue weighted by molar-refractivity contribution is 0.0945. The number of anilines is 1. The molecular formula is C20H24N2O4. The van der Waals surface area contributed by atoms with E-state index in [1.807, 2.05) is 18.2 Å². The fourth-order valence-corrected chi connectivity index (χ4v) is 3.27. The number of rotatable bonds is 6. The third kappa shape index (κ3) is 3.85. The molecule has 0 saturated carbocycles. The molecule has 0 bridgehead atoms. The van der Waals surface area contributed by atoms with E-state index >= 15 is 0 Å². The highest BCUT2D eigenvalue weighted by Gasteiger charge is 2.25. The first-order chi connectivity index (χ1) is 12.6. The lowest BCUT2D eigenvalue weighted by Gasteiger charge is -2.21. The minimum atomic E-state index is -0.277. The number of amides is 1. The Hall–Kier alpha value is -2.89. The van der Waals surface area contributed by atoms with Crippen LogP contribution in [0.1, 0.15) is 16.8 Å². The van der Waals surface area contributed by atoms with Crippen LogP contribution in [0.5, 0.6) is 17.2 Å². The fraction of sp³-hybridized carbons (Fsp3) is 0.350. The second kappa shape index (κ2) is 7.99. The second-order valence-electron chi connectivity index (χ2n) is 6.37. The Morgan fingerprint density at radius 1 is 1.23 bits per heavy atom. The number of ether oxygens (including phenoxy) is 2. The molecule has 6 nitrogen and oxygen atoms in total. The first-order valence-electron chi connectivity index (χ1n) is 8.65. The van der Waals surface area contributed by atoms with E-state index in [0.29, 0.717) is 18.2 Å². The van der Waals surface area contributed by atoms with Gasteiger partial charge in [0, 0.05) is 25.7 Å². The van der Waals surface area contributed by atoms with E-state index in [4.69, 9.17) is 9.47 Å². The molecule has 0 unspecified atom stereocenters. The molecule has 1 heterocycles. The van der Waals surface area contributed by atoms with Gasteiger partial charge in [0.1, 0.15) is 17.2 Å². The fourth-order valence-electron chi connectivity index (χ4n) is 3.27. The third-order valence-electron chi connectivity index (χ3n) is 4.71. The highest BCUT2D eigenvalue weighted by atomic mass is 16.5. The first-order valence-corrected chi connectivity index (χ1v) is 8.65. The van der Waals surface area contributed by atoms with Gasteiger partial charge in [0.05, 0.1) is 25.5 Å². The molecular weight excluding hydrogens is 332 g/mol. The van der Waals surface area contributed by atoms with Crippen LogP contribution in [0.15, 0.2) is 42.5 Å². The maximum Gasteiger partial charge on any atom is 0.255 e. The number of nitrogens with zero attached hydrogens (tertiary/aromatic N) is 1. The number of hydrogen-bond acceptors (Lipinski definition) is 5. The van der Waals surface area contributed by atoms with Crippen LogP contribution in [0.4, 0.5) is 5.69 Å². The number of benzene rings is 2. The number of nitrogens with one attached hydrogen (secondary N) is 1. The predicted octanol–water partition coefficient (Wildman–Crippen LogP) is 2.67. The van der Waals surface area contributed by atoms with Crippen LogP contribution < -0.4 is 19.7 Å². The number of aromatic hydroxyl groups is 1. The SMILES string of the molecule is COc1ccc(C(=O)NC[C@@H]2CCN(c3ccccc3OC)C2)c(O)c1. The molecule has 3 rings (SSSR count). The zero-order chi connectivity index (χ0) is 18.5. The molecule has 2 aromatic carbocycles. The molecule has 1 saturated heterocycles. The zero-order valence-corrected chi connectivity index (χ0v) is 15.1. The number of phenols is 1. The summed E-state index contributed by atoms with van der Waals surface area (Å²) in [5.74, 6) is 1.37. The quantitative estimate of drug-likeness (QED) is 0.833. The molecule has 1 aliphatic heterocycles. The largest absolute Gasteiger partial charge is 0.507 e. The molecule has 1 fully saturated rings. The van der Waals surface area contributed by atoms with Gasteiger partial charge in [-0.25, -0.2) is 0 Å². The average molecular weight is 356 g/mol. The van der Waals surface area contributed by atoms with Crippen molar-refractivity contribution in [3.05, 3.63) is 48.0 Å². The van der Waals surface area contributed by atoms with E-state index in [2.05, 4.69) is 16.3 Å². The van der Waals surface area contributed by atoms with Gasteiger partial charge in [-0.2, -0.15) is 0 Å². The van der Waals surface area contributed by atoms with E-state index in [1.54, 1.807) is 19.2 Å². The van der Waals surface area contributed by atoms with Crippen LogP contribution in [0.25, 0.3) is 0 Å². The zero-order valence-electron chi connectivity index (χ0n) is 15.1. The molecule has 0 spiro atoms. The van der Waals surface area contributed by atoms with Gasteiger partial charge in [0.2, 0.25) is 0 Å². The summed E-state index contributed by atoms with van der Waals surface area (Å²) in [6.07, 6.45) is 0.993. The van der Waals surface area contributed by atoms with E-state index < -0.39 is 0 Å². The summed E-state index contributed by atoms with van der Waals surface area (Å²) in [7, 11) is 3.19. The van der Waals surface area contributed by atoms with Gasteiger partial charge >= 0.3 is 0 Å². The van der Waals surface area contributed by atoms with Crippen LogP contribution in [-0.2, 0) is 0 Å². The smallest absolute Gasteiger partial charge is 0.255 e. The summed E-state index contributed by atoms with van der Waals surface area (Å²) in [5, 5.41) is 12.9. The Kier molecular flexibility index (Phi) is 5.51. The van der Waals surface area contributed by atoms with Crippen LogP contribution in [0, 0.1) is 5.92 Å². The summed E-state index contributed by atoms with van der Waals surface area (Å²) < 4.78 is 10.5. The van der Waals surface area contributed by atoms with Gasteiger partial charge in [0.15, 0.2) is 0 Å². The lowest BCUT2D eigenvalue weighted by Crippen LogP contribution is -2.31. The van der Waals surface area contributed by atoms with Crippen molar-refractivity contribution in [3.63, 3.8) is 0 Å². The average Bonchev–Trinajstić information content (AvgIpc) is 3.14.